The third kappa shape index (κ3) is 3.58. The highest BCUT2D eigenvalue weighted by molar-refractivity contribution is 5.76. The van der Waals surface area contributed by atoms with E-state index in [4.69, 9.17) is 0 Å². The molecule has 2 nitrogen and oxygen atoms in total. The molecular formula is C15H21NO. The molecule has 0 aliphatic carbocycles. The number of aryl methyl sites for hydroxylation is 2. The Kier molecular flexibility index (Phi) is 4.18. The predicted molar refractivity (Wildman–Crippen MR) is 69.9 cm³/mol. The van der Waals surface area contributed by atoms with Gasteiger partial charge in [0.05, 0.1) is 0 Å². The van der Waals surface area contributed by atoms with E-state index in [0.717, 1.165) is 19.5 Å². The van der Waals surface area contributed by atoms with Gasteiger partial charge >= 0.3 is 0 Å². The van der Waals surface area contributed by atoms with Crippen LogP contribution in [0, 0.1) is 6.92 Å². The van der Waals surface area contributed by atoms with Crippen LogP contribution in [0.15, 0.2) is 24.3 Å². The van der Waals surface area contributed by atoms with Crippen molar-refractivity contribution < 1.29 is 4.79 Å². The molecule has 17 heavy (non-hydrogen) atoms. The van der Waals surface area contributed by atoms with Crippen molar-refractivity contribution in [2.75, 3.05) is 13.1 Å². The Balaban J connectivity index is 1.83. The minimum absolute atomic E-state index is 0.325. The first-order valence-electron chi connectivity index (χ1n) is 6.59. The highest BCUT2D eigenvalue weighted by Crippen LogP contribution is 2.12. The summed E-state index contributed by atoms with van der Waals surface area (Å²) < 4.78 is 0. The summed E-state index contributed by atoms with van der Waals surface area (Å²) in [4.78, 5) is 14.0. The third-order valence-electron chi connectivity index (χ3n) is 3.42. The summed E-state index contributed by atoms with van der Waals surface area (Å²) >= 11 is 0. The Bertz CT molecular complexity index is 380. The minimum Gasteiger partial charge on any atom is -0.343 e. The Hall–Kier alpha value is -1.31. The Morgan fingerprint density at radius 2 is 2.00 bits per heavy atom. The summed E-state index contributed by atoms with van der Waals surface area (Å²) in [5.74, 6) is 0.325. The number of benzene rings is 1. The molecule has 0 bridgehead atoms. The fraction of sp³-hybridized carbons (Fsp3) is 0.533. The van der Waals surface area contributed by atoms with Gasteiger partial charge in [0.1, 0.15) is 0 Å². The van der Waals surface area contributed by atoms with Gasteiger partial charge in [-0.2, -0.15) is 0 Å². The average molecular weight is 231 g/mol. The molecule has 2 rings (SSSR count). The number of carbonyl (C=O) groups is 1. The molecule has 0 unspecified atom stereocenters. The van der Waals surface area contributed by atoms with Crippen LogP contribution in [-0.4, -0.2) is 23.9 Å². The van der Waals surface area contributed by atoms with E-state index in [9.17, 15) is 4.79 Å². The van der Waals surface area contributed by atoms with Crippen molar-refractivity contribution in [2.45, 2.75) is 39.0 Å². The number of amides is 1. The van der Waals surface area contributed by atoms with Crippen LogP contribution in [0.3, 0.4) is 0 Å². The molecule has 1 heterocycles. The van der Waals surface area contributed by atoms with E-state index < -0.39 is 0 Å². The summed E-state index contributed by atoms with van der Waals surface area (Å²) in [5.41, 5.74) is 2.54. The van der Waals surface area contributed by atoms with Crippen LogP contribution >= 0.6 is 0 Å². The second-order valence-corrected chi connectivity index (χ2v) is 4.93. The molecule has 1 amide bonds. The van der Waals surface area contributed by atoms with Gasteiger partial charge in [0.15, 0.2) is 0 Å². The largest absolute Gasteiger partial charge is 0.343 e. The quantitative estimate of drug-likeness (QED) is 0.783. The van der Waals surface area contributed by atoms with Crippen LogP contribution in [0.2, 0.25) is 0 Å². The van der Waals surface area contributed by atoms with Crippen molar-refractivity contribution in [3.05, 3.63) is 35.4 Å². The summed E-state index contributed by atoms with van der Waals surface area (Å²) in [6.45, 7) is 4.02. The van der Waals surface area contributed by atoms with E-state index in [1.807, 2.05) is 4.90 Å². The molecular weight excluding hydrogens is 210 g/mol. The molecule has 92 valence electrons. The Morgan fingerprint density at radius 1 is 1.24 bits per heavy atom. The normalized spacial score (nSPS) is 15.9. The highest BCUT2D eigenvalue weighted by atomic mass is 16.2. The molecule has 1 aromatic rings. The molecule has 1 aliphatic rings. The average Bonchev–Trinajstić information content (AvgIpc) is 2.37. The van der Waals surface area contributed by atoms with Crippen LogP contribution in [-0.2, 0) is 11.2 Å². The monoisotopic (exact) mass is 231 g/mol. The molecule has 1 aliphatic heterocycles. The number of likely N-dealkylation sites (tertiary alicyclic amines) is 1. The lowest BCUT2D eigenvalue weighted by atomic mass is 10.1. The first-order valence-corrected chi connectivity index (χ1v) is 6.59. The van der Waals surface area contributed by atoms with Crippen LogP contribution in [0.4, 0.5) is 0 Å². The van der Waals surface area contributed by atoms with Crippen LogP contribution in [0.5, 0.6) is 0 Å². The lowest BCUT2D eigenvalue weighted by Crippen LogP contribution is -2.35. The number of hydrogen-bond donors (Lipinski definition) is 0. The molecule has 2 heteroatoms. The van der Waals surface area contributed by atoms with Crippen molar-refractivity contribution >= 4 is 5.91 Å². The molecule has 1 fully saturated rings. The first-order chi connectivity index (χ1) is 8.25. The lowest BCUT2D eigenvalue weighted by Gasteiger charge is -2.26. The Morgan fingerprint density at radius 3 is 2.71 bits per heavy atom. The highest BCUT2D eigenvalue weighted by Gasteiger charge is 2.15. The van der Waals surface area contributed by atoms with E-state index in [1.54, 1.807) is 0 Å². The molecule has 1 saturated heterocycles. The molecule has 1 aromatic carbocycles. The maximum atomic E-state index is 12.0. The second kappa shape index (κ2) is 5.85. The Labute approximate surface area is 104 Å². The molecule has 0 radical (unpaired) electrons. The number of hydrogen-bond acceptors (Lipinski definition) is 1. The molecule has 0 aromatic heterocycles. The fourth-order valence-corrected chi connectivity index (χ4v) is 2.42. The van der Waals surface area contributed by atoms with Crippen LogP contribution in [0.25, 0.3) is 0 Å². The molecule has 0 spiro atoms. The van der Waals surface area contributed by atoms with Crippen molar-refractivity contribution in [3.8, 4) is 0 Å². The number of carbonyl (C=O) groups excluding carboxylic acids is 1. The fourth-order valence-electron chi connectivity index (χ4n) is 2.42. The van der Waals surface area contributed by atoms with Gasteiger partial charge in [0.25, 0.3) is 0 Å². The third-order valence-corrected chi connectivity index (χ3v) is 3.42. The smallest absolute Gasteiger partial charge is 0.222 e. The number of nitrogens with zero attached hydrogens (tertiary/aromatic N) is 1. The van der Waals surface area contributed by atoms with Gasteiger partial charge in [-0.1, -0.05) is 29.8 Å². The second-order valence-electron chi connectivity index (χ2n) is 4.93. The van der Waals surface area contributed by atoms with Gasteiger partial charge in [-0.25, -0.2) is 0 Å². The van der Waals surface area contributed by atoms with Crippen molar-refractivity contribution in [2.24, 2.45) is 0 Å². The van der Waals surface area contributed by atoms with Gasteiger partial charge in [-0.15, -0.1) is 0 Å². The summed E-state index contributed by atoms with van der Waals surface area (Å²) in [7, 11) is 0. The van der Waals surface area contributed by atoms with E-state index >= 15 is 0 Å². The van der Waals surface area contributed by atoms with Gasteiger partial charge in [-0.05, 0) is 38.2 Å². The SMILES string of the molecule is Cc1cccc(CCC(=O)N2CCCCC2)c1. The molecule has 0 saturated carbocycles. The predicted octanol–water partition coefficient (Wildman–Crippen LogP) is 2.94. The summed E-state index contributed by atoms with van der Waals surface area (Å²) in [6.07, 6.45) is 5.16. The van der Waals surface area contributed by atoms with Crippen molar-refractivity contribution in [1.82, 2.24) is 4.90 Å². The van der Waals surface area contributed by atoms with Gasteiger partial charge < -0.3 is 4.90 Å². The van der Waals surface area contributed by atoms with E-state index in [2.05, 4.69) is 31.2 Å². The zero-order valence-corrected chi connectivity index (χ0v) is 10.6. The van der Waals surface area contributed by atoms with Gasteiger partial charge in [-0.3, -0.25) is 4.79 Å². The van der Waals surface area contributed by atoms with Crippen molar-refractivity contribution in [1.29, 1.82) is 0 Å². The van der Waals surface area contributed by atoms with E-state index in [0.29, 0.717) is 12.3 Å². The summed E-state index contributed by atoms with van der Waals surface area (Å²) in [6, 6.07) is 8.44. The van der Waals surface area contributed by atoms with Crippen LogP contribution < -0.4 is 0 Å². The number of rotatable bonds is 3. The number of piperidine rings is 1. The lowest BCUT2D eigenvalue weighted by molar-refractivity contribution is -0.132. The van der Waals surface area contributed by atoms with Gasteiger partial charge in [0.2, 0.25) is 5.91 Å². The molecule has 0 N–H and O–H groups in total. The summed E-state index contributed by atoms with van der Waals surface area (Å²) in [5, 5.41) is 0. The topological polar surface area (TPSA) is 20.3 Å². The van der Waals surface area contributed by atoms with Gasteiger partial charge in [0, 0.05) is 19.5 Å². The maximum Gasteiger partial charge on any atom is 0.222 e. The van der Waals surface area contributed by atoms with Crippen LogP contribution in [0.1, 0.15) is 36.8 Å². The zero-order valence-electron chi connectivity index (χ0n) is 10.6. The minimum atomic E-state index is 0.325. The first kappa shape index (κ1) is 12.2. The standard InChI is InChI=1S/C15H21NO/c1-13-6-5-7-14(12-13)8-9-15(17)16-10-3-2-4-11-16/h5-7,12H,2-4,8-11H2,1H3. The zero-order chi connectivity index (χ0) is 12.1. The van der Waals surface area contributed by atoms with Crippen molar-refractivity contribution in [3.63, 3.8) is 0 Å². The maximum absolute atomic E-state index is 12.0. The molecule has 0 atom stereocenters. The van der Waals surface area contributed by atoms with E-state index in [1.165, 1.54) is 30.4 Å². The van der Waals surface area contributed by atoms with E-state index in [-0.39, 0.29) is 0 Å².